The van der Waals surface area contributed by atoms with Gasteiger partial charge in [0.2, 0.25) is 0 Å². The van der Waals surface area contributed by atoms with E-state index < -0.39 is 5.97 Å². The van der Waals surface area contributed by atoms with Gasteiger partial charge in [-0.2, -0.15) is 0 Å². The Labute approximate surface area is 76.6 Å². The first-order valence-corrected chi connectivity index (χ1v) is 4.14. The summed E-state index contributed by atoms with van der Waals surface area (Å²) in [5.41, 5.74) is 1.03. The molecule has 0 saturated carbocycles. The molecule has 0 amide bonds. The maximum absolute atomic E-state index is 10.4. The Hall–Kier alpha value is -1.29. The zero-order valence-electron chi connectivity index (χ0n) is 7.49. The number of carbonyl (C=O) groups is 1. The molecule has 0 fully saturated rings. The molecule has 1 unspecified atom stereocenters. The number of carboxylic acid groups (broad SMARTS) is 1. The minimum atomic E-state index is -0.778. The number of nitrogens with one attached hydrogen (secondary N) is 1. The van der Waals surface area contributed by atoms with Gasteiger partial charge in [-0.15, -0.1) is 0 Å². The maximum Gasteiger partial charge on any atom is 0.307 e. The molecule has 0 aliphatic heterocycles. The summed E-state index contributed by atoms with van der Waals surface area (Å²) in [6, 6.07) is 1.85. The Morgan fingerprint density at radius 1 is 1.77 bits per heavy atom. The standard InChI is InChI=1S/C9H13NO3/c1-7(9(11)12)4-10-5-8-2-3-13-6-8/h2-3,6-7,10H,4-5H2,1H3,(H,11,12). The molecule has 4 heteroatoms. The molecule has 1 heterocycles. The normalized spacial score (nSPS) is 12.7. The van der Waals surface area contributed by atoms with Crippen LogP contribution >= 0.6 is 0 Å². The first-order chi connectivity index (χ1) is 6.20. The van der Waals surface area contributed by atoms with E-state index in [9.17, 15) is 4.79 Å². The first-order valence-electron chi connectivity index (χ1n) is 4.14. The highest BCUT2D eigenvalue weighted by Crippen LogP contribution is 1.99. The summed E-state index contributed by atoms with van der Waals surface area (Å²) in [4.78, 5) is 10.4. The third kappa shape index (κ3) is 3.29. The van der Waals surface area contributed by atoms with Crippen LogP contribution in [0.2, 0.25) is 0 Å². The summed E-state index contributed by atoms with van der Waals surface area (Å²) in [6.45, 7) is 2.79. The molecule has 72 valence electrons. The van der Waals surface area contributed by atoms with Crippen molar-refractivity contribution in [2.45, 2.75) is 13.5 Å². The molecule has 13 heavy (non-hydrogen) atoms. The second kappa shape index (κ2) is 4.67. The van der Waals surface area contributed by atoms with Crippen LogP contribution in [-0.2, 0) is 11.3 Å². The van der Waals surface area contributed by atoms with Crippen molar-refractivity contribution in [1.29, 1.82) is 0 Å². The van der Waals surface area contributed by atoms with Crippen molar-refractivity contribution in [3.63, 3.8) is 0 Å². The van der Waals surface area contributed by atoms with Gasteiger partial charge >= 0.3 is 5.97 Å². The summed E-state index contributed by atoms with van der Waals surface area (Å²) in [5, 5.41) is 11.6. The van der Waals surface area contributed by atoms with E-state index >= 15 is 0 Å². The molecule has 1 aromatic heterocycles. The lowest BCUT2D eigenvalue weighted by molar-refractivity contribution is -0.140. The molecule has 0 saturated heterocycles. The number of carboxylic acids is 1. The Balaban J connectivity index is 2.18. The average Bonchev–Trinajstić information content (AvgIpc) is 2.56. The van der Waals surface area contributed by atoms with E-state index in [0.717, 1.165) is 5.56 Å². The van der Waals surface area contributed by atoms with Gasteiger partial charge < -0.3 is 14.8 Å². The summed E-state index contributed by atoms with van der Waals surface area (Å²) < 4.78 is 4.86. The molecule has 1 atom stereocenters. The van der Waals surface area contributed by atoms with Crippen LogP contribution in [0.3, 0.4) is 0 Å². The fourth-order valence-corrected chi connectivity index (χ4v) is 0.914. The van der Waals surface area contributed by atoms with Gasteiger partial charge in [-0.3, -0.25) is 4.79 Å². The van der Waals surface area contributed by atoms with Crippen molar-refractivity contribution in [2.24, 2.45) is 5.92 Å². The first kappa shape index (κ1) is 9.80. The summed E-state index contributed by atoms with van der Waals surface area (Å²) in [5.74, 6) is -1.13. The van der Waals surface area contributed by atoms with Crippen LogP contribution < -0.4 is 5.32 Å². The molecular weight excluding hydrogens is 170 g/mol. The molecule has 0 radical (unpaired) electrons. The molecule has 4 nitrogen and oxygen atoms in total. The highest BCUT2D eigenvalue weighted by Gasteiger charge is 2.09. The van der Waals surface area contributed by atoms with Gasteiger partial charge in [-0.1, -0.05) is 6.92 Å². The summed E-state index contributed by atoms with van der Waals surface area (Å²) in [6.07, 6.45) is 3.23. The van der Waals surface area contributed by atoms with Gasteiger partial charge in [0.05, 0.1) is 18.4 Å². The minimum absolute atomic E-state index is 0.355. The third-order valence-corrected chi connectivity index (χ3v) is 1.78. The zero-order valence-corrected chi connectivity index (χ0v) is 7.49. The molecule has 1 rings (SSSR count). The predicted molar refractivity (Wildman–Crippen MR) is 47.2 cm³/mol. The third-order valence-electron chi connectivity index (χ3n) is 1.78. The molecule has 0 aliphatic carbocycles. The van der Waals surface area contributed by atoms with E-state index in [0.29, 0.717) is 13.1 Å². The van der Waals surface area contributed by atoms with Crippen molar-refractivity contribution >= 4 is 5.97 Å². The van der Waals surface area contributed by atoms with Gasteiger partial charge in [0.15, 0.2) is 0 Å². The van der Waals surface area contributed by atoms with Gasteiger partial charge in [-0.25, -0.2) is 0 Å². The van der Waals surface area contributed by atoms with Crippen LogP contribution in [0.15, 0.2) is 23.0 Å². The highest BCUT2D eigenvalue weighted by molar-refractivity contribution is 5.69. The quantitative estimate of drug-likeness (QED) is 0.717. The Kier molecular flexibility index (Phi) is 3.52. The molecule has 0 bridgehead atoms. The summed E-state index contributed by atoms with van der Waals surface area (Å²) >= 11 is 0. The fourth-order valence-electron chi connectivity index (χ4n) is 0.914. The van der Waals surface area contributed by atoms with E-state index in [1.165, 1.54) is 0 Å². The largest absolute Gasteiger partial charge is 0.481 e. The summed E-state index contributed by atoms with van der Waals surface area (Å²) in [7, 11) is 0. The Bertz CT molecular complexity index is 256. The van der Waals surface area contributed by atoms with E-state index in [1.807, 2.05) is 6.07 Å². The van der Waals surface area contributed by atoms with Crippen LogP contribution in [0.5, 0.6) is 0 Å². The van der Waals surface area contributed by atoms with Gasteiger partial charge in [-0.05, 0) is 6.07 Å². The second-order valence-corrected chi connectivity index (χ2v) is 3.00. The van der Waals surface area contributed by atoms with Crippen LogP contribution in [0.25, 0.3) is 0 Å². The predicted octanol–water partition coefficient (Wildman–Crippen LogP) is 1.09. The lowest BCUT2D eigenvalue weighted by Crippen LogP contribution is -2.25. The van der Waals surface area contributed by atoms with Crippen molar-refractivity contribution in [3.05, 3.63) is 24.2 Å². The van der Waals surface area contributed by atoms with Gasteiger partial charge in [0.25, 0.3) is 0 Å². The number of rotatable bonds is 5. The van der Waals surface area contributed by atoms with E-state index in [-0.39, 0.29) is 5.92 Å². The highest BCUT2D eigenvalue weighted by atomic mass is 16.4. The van der Waals surface area contributed by atoms with Crippen LogP contribution in [0, 0.1) is 5.92 Å². The number of hydrogen-bond donors (Lipinski definition) is 2. The van der Waals surface area contributed by atoms with E-state index in [4.69, 9.17) is 9.52 Å². The SMILES string of the molecule is CC(CNCc1ccoc1)C(=O)O. The molecule has 1 aromatic rings. The second-order valence-electron chi connectivity index (χ2n) is 3.00. The number of furan rings is 1. The van der Waals surface area contributed by atoms with Crippen LogP contribution in [0.1, 0.15) is 12.5 Å². The molecule has 0 aromatic carbocycles. The van der Waals surface area contributed by atoms with Crippen molar-refractivity contribution in [1.82, 2.24) is 5.32 Å². The van der Waals surface area contributed by atoms with Gasteiger partial charge in [0, 0.05) is 18.7 Å². The van der Waals surface area contributed by atoms with Crippen molar-refractivity contribution < 1.29 is 14.3 Å². The number of hydrogen-bond acceptors (Lipinski definition) is 3. The average molecular weight is 183 g/mol. The smallest absolute Gasteiger partial charge is 0.307 e. The fraction of sp³-hybridized carbons (Fsp3) is 0.444. The lowest BCUT2D eigenvalue weighted by atomic mass is 10.2. The number of aliphatic carboxylic acids is 1. The Morgan fingerprint density at radius 3 is 3.08 bits per heavy atom. The molecule has 0 aliphatic rings. The minimum Gasteiger partial charge on any atom is -0.481 e. The molecule has 2 N–H and O–H groups in total. The van der Waals surface area contributed by atoms with Gasteiger partial charge in [0.1, 0.15) is 0 Å². The maximum atomic E-state index is 10.4. The van der Waals surface area contributed by atoms with Crippen LogP contribution in [-0.4, -0.2) is 17.6 Å². The Morgan fingerprint density at radius 2 is 2.54 bits per heavy atom. The monoisotopic (exact) mass is 183 g/mol. The van der Waals surface area contributed by atoms with E-state index in [1.54, 1.807) is 19.5 Å². The molecular formula is C9H13NO3. The van der Waals surface area contributed by atoms with Crippen molar-refractivity contribution in [3.8, 4) is 0 Å². The topological polar surface area (TPSA) is 62.5 Å². The lowest BCUT2D eigenvalue weighted by Gasteiger charge is -2.06. The van der Waals surface area contributed by atoms with E-state index in [2.05, 4.69) is 5.32 Å². The van der Waals surface area contributed by atoms with Crippen LogP contribution in [0.4, 0.5) is 0 Å². The van der Waals surface area contributed by atoms with Crippen molar-refractivity contribution in [2.75, 3.05) is 6.54 Å². The molecule has 0 spiro atoms. The zero-order chi connectivity index (χ0) is 9.68.